The molecule has 1 aliphatic heterocycles. The zero-order chi connectivity index (χ0) is 13.7. The van der Waals surface area contributed by atoms with Crippen molar-refractivity contribution in [1.29, 1.82) is 0 Å². The van der Waals surface area contributed by atoms with Crippen LogP contribution in [0.25, 0.3) is 0 Å². The molecule has 1 saturated heterocycles. The number of nitrogens with zero attached hydrogens (tertiary/aromatic N) is 1. The van der Waals surface area contributed by atoms with E-state index in [2.05, 4.69) is 61.4 Å². The molecule has 1 N–H and O–H groups in total. The molecule has 19 heavy (non-hydrogen) atoms. The Morgan fingerprint density at radius 3 is 2.68 bits per heavy atom. The summed E-state index contributed by atoms with van der Waals surface area (Å²) >= 11 is 0. The first-order chi connectivity index (χ1) is 9.26. The van der Waals surface area contributed by atoms with Gasteiger partial charge in [0, 0.05) is 18.6 Å². The van der Waals surface area contributed by atoms with Crippen molar-refractivity contribution >= 4 is 0 Å². The lowest BCUT2D eigenvalue weighted by Gasteiger charge is -2.40. The third-order valence-corrected chi connectivity index (χ3v) is 4.66. The van der Waals surface area contributed by atoms with Crippen LogP contribution in [0.3, 0.4) is 0 Å². The fourth-order valence-electron chi connectivity index (χ4n) is 3.36. The number of hydrogen-bond acceptors (Lipinski definition) is 2. The second kappa shape index (κ2) is 7.06. The lowest BCUT2D eigenvalue weighted by atomic mass is 9.92. The second-order valence-electron chi connectivity index (χ2n) is 5.83. The van der Waals surface area contributed by atoms with Gasteiger partial charge in [-0.05, 0) is 44.8 Å². The molecular formula is C17H28N2. The highest BCUT2D eigenvalue weighted by atomic mass is 15.2. The Kier molecular flexibility index (Phi) is 5.41. The lowest BCUT2D eigenvalue weighted by molar-refractivity contribution is 0.108. The predicted molar refractivity (Wildman–Crippen MR) is 82.3 cm³/mol. The van der Waals surface area contributed by atoms with Gasteiger partial charge in [0.25, 0.3) is 0 Å². The highest BCUT2D eigenvalue weighted by Gasteiger charge is 2.27. The molecule has 2 rings (SSSR count). The Morgan fingerprint density at radius 2 is 2.05 bits per heavy atom. The average Bonchev–Trinajstić information content (AvgIpc) is 2.49. The van der Waals surface area contributed by atoms with Crippen LogP contribution in [0.5, 0.6) is 0 Å². The molecule has 3 unspecified atom stereocenters. The van der Waals surface area contributed by atoms with Crippen molar-refractivity contribution < 1.29 is 0 Å². The van der Waals surface area contributed by atoms with Crippen molar-refractivity contribution in [2.75, 3.05) is 20.1 Å². The molecule has 1 heterocycles. The standard InChI is InChI=1S/C17H28N2/c1-4-15-9-8-12-19(13-15)14(2)17(18-3)16-10-6-5-7-11-16/h5-7,10-11,14-15,17-18H,4,8-9,12-13H2,1-3H3. The first-order valence-corrected chi connectivity index (χ1v) is 7.72. The largest absolute Gasteiger partial charge is 0.312 e. The van der Waals surface area contributed by atoms with Crippen LogP contribution in [0.1, 0.15) is 44.7 Å². The summed E-state index contributed by atoms with van der Waals surface area (Å²) in [5.74, 6) is 0.893. The maximum absolute atomic E-state index is 3.51. The SMILES string of the molecule is CCC1CCCN(C(C)C(NC)c2ccccc2)C1. The monoisotopic (exact) mass is 260 g/mol. The molecule has 0 radical (unpaired) electrons. The molecule has 1 aliphatic rings. The summed E-state index contributed by atoms with van der Waals surface area (Å²) in [5, 5.41) is 3.51. The van der Waals surface area contributed by atoms with Crippen LogP contribution in [0.2, 0.25) is 0 Å². The van der Waals surface area contributed by atoms with Gasteiger partial charge in [-0.25, -0.2) is 0 Å². The van der Waals surface area contributed by atoms with Crippen molar-refractivity contribution in [3.05, 3.63) is 35.9 Å². The molecular weight excluding hydrogens is 232 g/mol. The normalized spacial score (nSPS) is 24.1. The molecule has 0 aromatic heterocycles. The van der Waals surface area contributed by atoms with E-state index in [4.69, 9.17) is 0 Å². The Balaban J connectivity index is 2.06. The molecule has 2 heteroatoms. The predicted octanol–water partition coefficient (Wildman–Crippen LogP) is 3.46. The van der Waals surface area contributed by atoms with Gasteiger partial charge in [0.05, 0.1) is 0 Å². The number of hydrogen-bond donors (Lipinski definition) is 1. The third kappa shape index (κ3) is 3.58. The van der Waals surface area contributed by atoms with E-state index >= 15 is 0 Å². The highest BCUT2D eigenvalue weighted by molar-refractivity contribution is 5.20. The van der Waals surface area contributed by atoms with Crippen LogP contribution in [-0.2, 0) is 0 Å². The van der Waals surface area contributed by atoms with Crippen LogP contribution in [0.4, 0.5) is 0 Å². The second-order valence-corrected chi connectivity index (χ2v) is 5.83. The molecule has 0 amide bonds. The van der Waals surface area contributed by atoms with Gasteiger partial charge in [0.15, 0.2) is 0 Å². The number of likely N-dealkylation sites (N-methyl/N-ethyl adjacent to an activating group) is 1. The number of rotatable bonds is 5. The first-order valence-electron chi connectivity index (χ1n) is 7.72. The Morgan fingerprint density at radius 1 is 1.32 bits per heavy atom. The van der Waals surface area contributed by atoms with Crippen molar-refractivity contribution in [2.45, 2.75) is 45.2 Å². The summed E-state index contributed by atoms with van der Waals surface area (Å²) < 4.78 is 0. The summed E-state index contributed by atoms with van der Waals surface area (Å²) in [6.45, 7) is 7.21. The molecule has 0 aliphatic carbocycles. The number of piperidine rings is 1. The minimum atomic E-state index is 0.428. The summed E-state index contributed by atoms with van der Waals surface area (Å²) in [6, 6.07) is 11.8. The van der Waals surface area contributed by atoms with Gasteiger partial charge in [-0.3, -0.25) is 4.90 Å². The molecule has 106 valence electrons. The minimum Gasteiger partial charge on any atom is -0.312 e. The molecule has 0 bridgehead atoms. The minimum absolute atomic E-state index is 0.428. The van der Waals surface area contributed by atoms with Gasteiger partial charge in [0.1, 0.15) is 0 Å². The summed E-state index contributed by atoms with van der Waals surface area (Å²) in [4.78, 5) is 2.67. The molecule has 1 fully saturated rings. The van der Waals surface area contributed by atoms with Crippen LogP contribution >= 0.6 is 0 Å². The Labute approximate surface area is 118 Å². The summed E-state index contributed by atoms with van der Waals surface area (Å²) in [7, 11) is 2.08. The molecule has 2 nitrogen and oxygen atoms in total. The molecule has 0 saturated carbocycles. The van der Waals surface area contributed by atoms with E-state index < -0.39 is 0 Å². The highest BCUT2D eigenvalue weighted by Crippen LogP contribution is 2.26. The van der Waals surface area contributed by atoms with E-state index in [0.717, 1.165) is 5.92 Å². The van der Waals surface area contributed by atoms with Crippen LogP contribution in [-0.4, -0.2) is 31.1 Å². The van der Waals surface area contributed by atoms with E-state index in [1.807, 2.05) is 0 Å². The number of benzene rings is 1. The van der Waals surface area contributed by atoms with Crippen molar-refractivity contribution in [3.63, 3.8) is 0 Å². The van der Waals surface area contributed by atoms with E-state index in [9.17, 15) is 0 Å². The maximum atomic E-state index is 3.51. The van der Waals surface area contributed by atoms with Gasteiger partial charge < -0.3 is 5.32 Å². The third-order valence-electron chi connectivity index (χ3n) is 4.66. The molecule has 0 spiro atoms. The van der Waals surface area contributed by atoms with Gasteiger partial charge in [-0.1, -0.05) is 43.7 Å². The Hall–Kier alpha value is -0.860. The summed E-state index contributed by atoms with van der Waals surface area (Å²) in [5.41, 5.74) is 1.40. The molecule has 3 atom stereocenters. The van der Waals surface area contributed by atoms with Crippen molar-refractivity contribution in [3.8, 4) is 0 Å². The van der Waals surface area contributed by atoms with Gasteiger partial charge in [-0.15, -0.1) is 0 Å². The lowest BCUT2D eigenvalue weighted by Crippen LogP contribution is -2.46. The van der Waals surface area contributed by atoms with Crippen LogP contribution < -0.4 is 5.32 Å². The van der Waals surface area contributed by atoms with Crippen LogP contribution in [0, 0.1) is 5.92 Å². The van der Waals surface area contributed by atoms with E-state index in [1.54, 1.807) is 0 Å². The van der Waals surface area contributed by atoms with Gasteiger partial charge in [0.2, 0.25) is 0 Å². The molecule has 1 aromatic rings. The van der Waals surface area contributed by atoms with Crippen molar-refractivity contribution in [1.82, 2.24) is 10.2 Å². The van der Waals surface area contributed by atoms with E-state index in [1.165, 1.54) is 37.9 Å². The zero-order valence-electron chi connectivity index (χ0n) is 12.6. The van der Waals surface area contributed by atoms with Gasteiger partial charge in [-0.2, -0.15) is 0 Å². The van der Waals surface area contributed by atoms with Gasteiger partial charge >= 0.3 is 0 Å². The van der Waals surface area contributed by atoms with E-state index in [-0.39, 0.29) is 0 Å². The smallest absolute Gasteiger partial charge is 0.0473 e. The maximum Gasteiger partial charge on any atom is 0.0473 e. The Bertz CT molecular complexity index is 363. The summed E-state index contributed by atoms with van der Waals surface area (Å²) in [6.07, 6.45) is 4.09. The zero-order valence-corrected chi connectivity index (χ0v) is 12.6. The van der Waals surface area contributed by atoms with Crippen molar-refractivity contribution in [2.24, 2.45) is 5.92 Å². The number of nitrogens with one attached hydrogen (secondary N) is 1. The first kappa shape index (κ1) is 14.5. The number of likely N-dealkylation sites (tertiary alicyclic amines) is 1. The van der Waals surface area contributed by atoms with Crippen LogP contribution in [0.15, 0.2) is 30.3 Å². The van der Waals surface area contributed by atoms with E-state index in [0.29, 0.717) is 12.1 Å². The topological polar surface area (TPSA) is 15.3 Å². The quantitative estimate of drug-likeness (QED) is 0.872. The average molecular weight is 260 g/mol. The fourth-order valence-corrected chi connectivity index (χ4v) is 3.36. The molecule has 1 aromatic carbocycles. The fraction of sp³-hybridized carbons (Fsp3) is 0.647.